The number of nitrogens with one attached hydrogen (secondary N) is 1. The van der Waals surface area contributed by atoms with Gasteiger partial charge in [-0.2, -0.15) is 13.2 Å². The molecule has 0 saturated carbocycles. The summed E-state index contributed by atoms with van der Waals surface area (Å²) in [5.74, 6) is -0.465. The summed E-state index contributed by atoms with van der Waals surface area (Å²) in [6.07, 6.45) is -4.40. The van der Waals surface area contributed by atoms with Gasteiger partial charge in [-0.1, -0.05) is 19.1 Å². The standard InChI is InChI=1S/C13H16BrF4N/c1-2-8-19-11(6-7-13(16,17)18)9-4-3-5-10(15)12(9)14/h3-5,11,19H,2,6-8H2,1H3. The third-order valence-electron chi connectivity index (χ3n) is 2.71. The molecule has 0 heterocycles. The minimum absolute atomic E-state index is 0.106. The van der Waals surface area contributed by atoms with E-state index < -0.39 is 24.5 Å². The van der Waals surface area contributed by atoms with Crippen molar-refractivity contribution in [2.45, 2.75) is 38.4 Å². The van der Waals surface area contributed by atoms with E-state index in [4.69, 9.17) is 0 Å². The van der Waals surface area contributed by atoms with Gasteiger partial charge in [0.2, 0.25) is 0 Å². The van der Waals surface area contributed by atoms with E-state index in [-0.39, 0.29) is 10.9 Å². The highest BCUT2D eigenvalue weighted by Gasteiger charge is 2.29. The van der Waals surface area contributed by atoms with Crippen molar-refractivity contribution < 1.29 is 17.6 Å². The molecule has 0 amide bonds. The lowest BCUT2D eigenvalue weighted by molar-refractivity contribution is -0.136. The van der Waals surface area contributed by atoms with Crippen LogP contribution in [0.2, 0.25) is 0 Å². The van der Waals surface area contributed by atoms with Gasteiger partial charge in [-0.05, 0) is 46.9 Å². The number of halogens is 5. The van der Waals surface area contributed by atoms with Crippen LogP contribution in [-0.4, -0.2) is 12.7 Å². The van der Waals surface area contributed by atoms with Gasteiger partial charge in [-0.25, -0.2) is 4.39 Å². The first-order valence-corrected chi connectivity index (χ1v) is 6.88. The summed E-state index contributed by atoms with van der Waals surface area (Å²) < 4.78 is 50.6. The zero-order valence-corrected chi connectivity index (χ0v) is 12.1. The summed E-state index contributed by atoms with van der Waals surface area (Å²) in [7, 11) is 0. The first-order valence-electron chi connectivity index (χ1n) is 6.09. The monoisotopic (exact) mass is 341 g/mol. The van der Waals surface area contributed by atoms with Crippen molar-refractivity contribution in [3.63, 3.8) is 0 Å². The lowest BCUT2D eigenvalue weighted by atomic mass is 10.0. The maximum Gasteiger partial charge on any atom is 0.389 e. The van der Waals surface area contributed by atoms with E-state index in [1.165, 1.54) is 12.1 Å². The molecular weight excluding hydrogens is 326 g/mol. The molecule has 19 heavy (non-hydrogen) atoms. The molecule has 0 aliphatic rings. The highest BCUT2D eigenvalue weighted by Crippen LogP contribution is 2.32. The van der Waals surface area contributed by atoms with Crippen molar-refractivity contribution in [1.82, 2.24) is 5.32 Å². The Bertz CT molecular complexity index is 406. The summed E-state index contributed by atoms with van der Waals surface area (Å²) >= 11 is 3.10. The van der Waals surface area contributed by atoms with Crippen molar-refractivity contribution >= 4 is 15.9 Å². The van der Waals surface area contributed by atoms with Crippen LogP contribution >= 0.6 is 15.9 Å². The molecule has 0 aliphatic heterocycles. The molecule has 0 aliphatic carbocycles. The minimum Gasteiger partial charge on any atom is -0.310 e. The van der Waals surface area contributed by atoms with E-state index >= 15 is 0 Å². The number of hydrogen-bond donors (Lipinski definition) is 1. The molecule has 0 fully saturated rings. The molecule has 1 N–H and O–H groups in total. The second-order valence-corrected chi connectivity index (χ2v) is 5.10. The van der Waals surface area contributed by atoms with E-state index in [0.717, 1.165) is 6.42 Å². The highest BCUT2D eigenvalue weighted by atomic mass is 79.9. The van der Waals surface area contributed by atoms with Gasteiger partial charge >= 0.3 is 6.18 Å². The maximum atomic E-state index is 13.4. The van der Waals surface area contributed by atoms with E-state index in [2.05, 4.69) is 21.2 Å². The third-order valence-corrected chi connectivity index (χ3v) is 3.55. The lowest BCUT2D eigenvalue weighted by Crippen LogP contribution is -2.24. The molecule has 1 unspecified atom stereocenters. The van der Waals surface area contributed by atoms with E-state index in [1.807, 2.05) is 6.92 Å². The molecule has 0 bridgehead atoms. The summed E-state index contributed by atoms with van der Waals surface area (Å²) in [6.45, 7) is 2.51. The van der Waals surface area contributed by atoms with Gasteiger partial charge in [0.1, 0.15) is 5.82 Å². The van der Waals surface area contributed by atoms with Crippen LogP contribution < -0.4 is 5.32 Å². The Kier molecular flexibility index (Phi) is 6.26. The predicted octanol–water partition coefficient (Wildman–Crippen LogP) is 4.97. The average molecular weight is 342 g/mol. The Hall–Kier alpha value is -0.620. The van der Waals surface area contributed by atoms with Gasteiger partial charge in [0.25, 0.3) is 0 Å². The third kappa shape index (κ3) is 5.48. The van der Waals surface area contributed by atoms with Crippen molar-refractivity contribution in [1.29, 1.82) is 0 Å². The molecule has 1 aromatic rings. The average Bonchev–Trinajstić information content (AvgIpc) is 2.32. The Morgan fingerprint density at radius 3 is 2.58 bits per heavy atom. The van der Waals surface area contributed by atoms with Crippen molar-refractivity contribution in [2.24, 2.45) is 0 Å². The molecule has 108 valence electrons. The second-order valence-electron chi connectivity index (χ2n) is 4.30. The number of hydrogen-bond acceptors (Lipinski definition) is 1. The molecule has 1 nitrogen and oxygen atoms in total. The smallest absolute Gasteiger partial charge is 0.310 e. The topological polar surface area (TPSA) is 12.0 Å². The zero-order valence-electron chi connectivity index (χ0n) is 10.5. The summed E-state index contributed by atoms with van der Waals surface area (Å²) in [4.78, 5) is 0. The normalized spacial score (nSPS) is 13.6. The molecule has 1 rings (SSSR count). The van der Waals surface area contributed by atoms with Crippen molar-refractivity contribution in [3.8, 4) is 0 Å². The number of rotatable bonds is 6. The summed E-state index contributed by atoms with van der Waals surface area (Å²) in [6, 6.07) is 3.90. The first kappa shape index (κ1) is 16.4. The first-order chi connectivity index (χ1) is 8.85. The molecule has 0 radical (unpaired) electrons. The van der Waals surface area contributed by atoms with Crippen LogP contribution in [-0.2, 0) is 0 Å². The van der Waals surface area contributed by atoms with Crippen LogP contribution in [0.25, 0.3) is 0 Å². The Balaban J connectivity index is 2.86. The predicted molar refractivity (Wildman–Crippen MR) is 70.4 cm³/mol. The van der Waals surface area contributed by atoms with E-state index in [0.29, 0.717) is 12.1 Å². The van der Waals surface area contributed by atoms with Crippen LogP contribution in [0.15, 0.2) is 22.7 Å². The van der Waals surface area contributed by atoms with Crippen molar-refractivity contribution in [2.75, 3.05) is 6.54 Å². The van der Waals surface area contributed by atoms with Crippen molar-refractivity contribution in [3.05, 3.63) is 34.1 Å². The minimum atomic E-state index is -4.20. The molecule has 6 heteroatoms. The maximum absolute atomic E-state index is 13.4. The SMILES string of the molecule is CCCNC(CCC(F)(F)F)c1cccc(F)c1Br. The van der Waals surface area contributed by atoms with Gasteiger partial charge < -0.3 is 5.32 Å². The number of alkyl halides is 3. The van der Waals surface area contributed by atoms with Crippen LogP contribution in [0.4, 0.5) is 17.6 Å². The van der Waals surface area contributed by atoms with Gasteiger partial charge in [-0.15, -0.1) is 0 Å². The summed E-state index contributed by atoms with van der Waals surface area (Å²) in [5.41, 5.74) is 0.526. The second kappa shape index (κ2) is 7.24. The molecule has 1 atom stereocenters. The van der Waals surface area contributed by atoms with Crippen LogP contribution in [0.1, 0.15) is 37.8 Å². The fraction of sp³-hybridized carbons (Fsp3) is 0.538. The molecule has 0 spiro atoms. The Labute approximate surface area is 118 Å². The van der Waals surface area contributed by atoms with Crippen LogP contribution in [0.3, 0.4) is 0 Å². The molecular formula is C13H16BrF4N. The zero-order chi connectivity index (χ0) is 14.5. The fourth-order valence-corrected chi connectivity index (χ4v) is 2.32. The van der Waals surface area contributed by atoms with E-state index in [9.17, 15) is 17.6 Å². The molecule has 0 saturated heterocycles. The Morgan fingerprint density at radius 2 is 2.00 bits per heavy atom. The number of benzene rings is 1. The highest BCUT2D eigenvalue weighted by molar-refractivity contribution is 9.10. The lowest BCUT2D eigenvalue weighted by Gasteiger charge is -2.21. The largest absolute Gasteiger partial charge is 0.389 e. The van der Waals surface area contributed by atoms with E-state index in [1.54, 1.807) is 6.07 Å². The molecule has 0 aromatic heterocycles. The molecule has 1 aromatic carbocycles. The van der Waals surface area contributed by atoms with Gasteiger partial charge in [0, 0.05) is 12.5 Å². The van der Waals surface area contributed by atoms with Gasteiger partial charge in [0.05, 0.1) is 4.47 Å². The van der Waals surface area contributed by atoms with Gasteiger partial charge in [0.15, 0.2) is 0 Å². The van der Waals surface area contributed by atoms with Gasteiger partial charge in [-0.3, -0.25) is 0 Å². The quantitative estimate of drug-likeness (QED) is 0.720. The Morgan fingerprint density at radius 1 is 1.32 bits per heavy atom. The van der Waals surface area contributed by atoms with Crippen LogP contribution in [0.5, 0.6) is 0 Å². The fourth-order valence-electron chi connectivity index (χ4n) is 1.78. The van der Waals surface area contributed by atoms with Crippen LogP contribution in [0, 0.1) is 5.82 Å². The summed E-state index contributed by atoms with van der Waals surface area (Å²) in [5, 5.41) is 3.03.